The number of aryl methyl sites for hydroxylation is 1. The molecule has 1 fully saturated rings. The number of nitrogens with one attached hydrogen (secondary N) is 1. The lowest BCUT2D eigenvalue weighted by atomic mass is 9.90. The maximum Gasteiger partial charge on any atom is 0.414 e. The Morgan fingerprint density at radius 3 is 2.93 bits per heavy atom. The molecule has 1 aliphatic carbocycles. The minimum absolute atomic E-state index is 0.00971. The van der Waals surface area contributed by atoms with Crippen LogP contribution in [0.15, 0.2) is 35.0 Å². The van der Waals surface area contributed by atoms with Crippen molar-refractivity contribution in [3.63, 3.8) is 0 Å². The Bertz CT molecular complexity index is 925. The lowest BCUT2D eigenvalue weighted by molar-refractivity contribution is -0.119. The number of carbonyl (C=O) groups is 3. The van der Waals surface area contributed by atoms with Crippen LogP contribution in [0.5, 0.6) is 0 Å². The van der Waals surface area contributed by atoms with Crippen LogP contribution < -0.4 is 10.2 Å². The molecular weight excluding hydrogens is 388 g/mol. The number of ether oxygens (including phenoxy) is 1. The highest BCUT2D eigenvalue weighted by molar-refractivity contribution is 7.07. The third-order valence-electron chi connectivity index (χ3n) is 5.55. The Hall–Kier alpha value is -2.67. The van der Waals surface area contributed by atoms with E-state index in [-0.39, 0.29) is 23.7 Å². The molecule has 1 N–H and O–H groups in total. The normalized spacial score (nSPS) is 21.5. The molecule has 0 spiro atoms. The van der Waals surface area contributed by atoms with Gasteiger partial charge in [0.2, 0.25) is 5.91 Å². The number of cyclic esters (lactones) is 1. The van der Waals surface area contributed by atoms with E-state index in [2.05, 4.69) is 16.8 Å². The Labute approximate surface area is 173 Å². The van der Waals surface area contributed by atoms with E-state index in [0.29, 0.717) is 13.1 Å². The van der Waals surface area contributed by atoms with Crippen molar-refractivity contribution in [2.75, 3.05) is 18.0 Å². The van der Waals surface area contributed by atoms with Crippen molar-refractivity contribution in [2.45, 2.75) is 38.7 Å². The van der Waals surface area contributed by atoms with E-state index in [1.54, 1.807) is 16.2 Å². The van der Waals surface area contributed by atoms with Gasteiger partial charge in [-0.25, -0.2) is 4.79 Å². The van der Waals surface area contributed by atoms with Crippen molar-refractivity contribution < 1.29 is 19.1 Å². The molecule has 0 saturated carbocycles. The van der Waals surface area contributed by atoms with Gasteiger partial charge in [-0.2, -0.15) is 11.3 Å². The van der Waals surface area contributed by atoms with Crippen molar-refractivity contribution >= 4 is 34.8 Å². The van der Waals surface area contributed by atoms with Crippen molar-refractivity contribution in [1.82, 2.24) is 5.32 Å². The number of rotatable bonds is 5. The summed E-state index contributed by atoms with van der Waals surface area (Å²) in [7, 11) is 0. The van der Waals surface area contributed by atoms with Crippen LogP contribution in [0, 0.1) is 5.92 Å². The molecule has 4 rings (SSSR count). The zero-order chi connectivity index (χ0) is 20.4. The van der Waals surface area contributed by atoms with E-state index in [1.807, 2.05) is 23.6 Å². The number of thiophene rings is 1. The first-order chi connectivity index (χ1) is 14.0. The molecule has 2 aliphatic rings. The Morgan fingerprint density at radius 1 is 1.31 bits per heavy atom. The van der Waals surface area contributed by atoms with Gasteiger partial charge in [0, 0.05) is 24.1 Å². The third kappa shape index (κ3) is 4.34. The molecule has 2 aromatic rings. The molecule has 0 bridgehead atoms. The summed E-state index contributed by atoms with van der Waals surface area (Å²) in [4.78, 5) is 38.1. The van der Waals surface area contributed by atoms with Crippen molar-refractivity contribution in [2.24, 2.45) is 5.92 Å². The number of hydrogen-bond acceptors (Lipinski definition) is 5. The fraction of sp³-hybridized carbons (Fsp3) is 0.409. The summed E-state index contributed by atoms with van der Waals surface area (Å²) in [6.07, 6.45) is 2.65. The van der Waals surface area contributed by atoms with Crippen LogP contribution in [0.1, 0.15) is 41.3 Å². The highest BCUT2D eigenvalue weighted by Crippen LogP contribution is 2.31. The lowest BCUT2D eigenvalue weighted by Crippen LogP contribution is -2.33. The Kier molecular flexibility index (Phi) is 5.67. The first-order valence-electron chi connectivity index (χ1n) is 9.92. The van der Waals surface area contributed by atoms with Gasteiger partial charge in [0.15, 0.2) is 5.78 Å². The number of amides is 2. The van der Waals surface area contributed by atoms with Crippen molar-refractivity contribution in [1.29, 1.82) is 0 Å². The molecule has 2 heterocycles. The van der Waals surface area contributed by atoms with Crippen LogP contribution in [0.2, 0.25) is 0 Å². The van der Waals surface area contributed by atoms with Crippen LogP contribution in [-0.2, 0) is 22.4 Å². The van der Waals surface area contributed by atoms with Gasteiger partial charge < -0.3 is 10.1 Å². The standard InChI is InChI=1S/C22H24N2O4S/c1-14(25)23-11-19-12-24(22(27)28-19)18-5-6-20-16(10-18)3-2-4-17(21(20)26)9-15-7-8-29-13-15/h5-8,10,13,17,19H,2-4,9,11-12H2,1H3,(H,23,25)/t17?,19-/m0/s1. The molecule has 1 aromatic carbocycles. The number of fused-ring (bicyclic) bond motifs is 1. The average molecular weight is 413 g/mol. The summed E-state index contributed by atoms with van der Waals surface area (Å²) in [5.41, 5.74) is 3.73. The quantitative estimate of drug-likeness (QED) is 0.762. The van der Waals surface area contributed by atoms with Crippen LogP contribution in [-0.4, -0.2) is 37.0 Å². The molecule has 7 heteroatoms. The molecule has 2 amide bonds. The summed E-state index contributed by atoms with van der Waals surface area (Å²) < 4.78 is 5.35. The highest BCUT2D eigenvalue weighted by Gasteiger charge is 2.33. The zero-order valence-electron chi connectivity index (χ0n) is 16.3. The third-order valence-corrected chi connectivity index (χ3v) is 6.28. The number of carbonyl (C=O) groups excluding carboxylic acids is 3. The van der Waals surface area contributed by atoms with Crippen LogP contribution >= 0.6 is 11.3 Å². The minimum Gasteiger partial charge on any atom is -0.442 e. The smallest absolute Gasteiger partial charge is 0.414 e. The van der Waals surface area contributed by atoms with Gasteiger partial charge in [-0.15, -0.1) is 0 Å². The van der Waals surface area contributed by atoms with Gasteiger partial charge in [-0.1, -0.05) is 0 Å². The summed E-state index contributed by atoms with van der Waals surface area (Å²) in [5, 5.41) is 6.84. The fourth-order valence-electron chi connectivity index (χ4n) is 4.07. The summed E-state index contributed by atoms with van der Waals surface area (Å²) in [6, 6.07) is 7.71. The van der Waals surface area contributed by atoms with E-state index < -0.39 is 6.09 Å². The van der Waals surface area contributed by atoms with E-state index in [1.165, 1.54) is 12.5 Å². The first kappa shape index (κ1) is 19.6. The SMILES string of the molecule is CC(=O)NC[C@H]1CN(c2ccc3c(c2)CCCC(Cc2ccsc2)C3=O)C(=O)O1. The minimum atomic E-state index is -0.421. The molecule has 6 nitrogen and oxygen atoms in total. The number of ketones is 1. The molecule has 2 atom stereocenters. The van der Waals surface area contributed by atoms with E-state index in [9.17, 15) is 14.4 Å². The number of hydrogen-bond donors (Lipinski definition) is 1. The molecular formula is C22H24N2O4S. The largest absolute Gasteiger partial charge is 0.442 e. The van der Waals surface area contributed by atoms with Crippen molar-refractivity contribution in [3.8, 4) is 0 Å². The summed E-state index contributed by atoms with van der Waals surface area (Å²) in [6.45, 7) is 2.11. The summed E-state index contributed by atoms with van der Waals surface area (Å²) in [5.74, 6) is 0.0540. The predicted octanol–water partition coefficient (Wildman–Crippen LogP) is 3.59. The van der Waals surface area contributed by atoms with Gasteiger partial charge in [-0.3, -0.25) is 14.5 Å². The number of Topliss-reactive ketones (excluding diaryl/α,β-unsaturated/α-hetero) is 1. The van der Waals surface area contributed by atoms with Gasteiger partial charge in [-0.05, 0) is 71.8 Å². The second-order valence-corrected chi connectivity index (χ2v) is 8.46. The lowest BCUT2D eigenvalue weighted by Gasteiger charge is -2.17. The fourth-order valence-corrected chi connectivity index (χ4v) is 4.75. The highest BCUT2D eigenvalue weighted by atomic mass is 32.1. The predicted molar refractivity (Wildman–Crippen MR) is 112 cm³/mol. The number of nitrogens with zero attached hydrogens (tertiary/aromatic N) is 1. The zero-order valence-corrected chi connectivity index (χ0v) is 17.2. The molecule has 1 aromatic heterocycles. The second kappa shape index (κ2) is 8.37. The van der Waals surface area contributed by atoms with Crippen molar-refractivity contribution in [3.05, 3.63) is 51.7 Å². The molecule has 1 unspecified atom stereocenters. The van der Waals surface area contributed by atoms with Crippen LogP contribution in [0.25, 0.3) is 0 Å². The Balaban J connectivity index is 1.50. The summed E-state index contributed by atoms with van der Waals surface area (Å²) >= 11 is 1.66. The molecule has 29 heavy (non-hydrogen) atoms. The van der Waals surface area contributed by atoms with Gasteiger partial charge in [0.1, 0.15) is 6.10 Å². The number of benzene rings is 1. The van der Waals surface area contributed by atoms with Crippen LogP contribution in [0.3, 0.4) is 0 Å². The average Bonchev–Trinajstić information content (AvgIpc) is 3.31. The molecule has 0 radical (unpaired) electrons. The molecule has 152 valence electrons. The van der Waals surface area contributed by atoms with E-state index in [0.717, 1.165) is 42.5 Å². The monoisotopic (exact) mass is 412 g/mol. The molecule has 1 aliphatic heterocycles. The maximum atomic E-state index is 13.1. The first-order valence-corrected chi connectivity index (χ1v) is 10.9. The van der Waals surface area contributed by atoms with E-state index in [4.69, 9.17) is 4.74 Å². The maximum absolute atomic E-state index is 13.1. The topological polar surface area (TPSA) is 75.7 Å². The van der Waals surface area contributed by atoms with Gasteiger partial charge in [0.25, 0.3) is 0 Å². The van der Waals surface area contributed by atoms with Gasteiger partial charge in [0.05, 0.1) is 13.1 Å². The second-order valence-electron chi connectivity index (χ2n) is 7.68. The van der Waals surface area contributed by atoms with Crippen LogP contribution in [0.4, 0.5) is 10.5 Å². The Morgan fingerprint density at radius 2 is 2.17 bits per heavy atom. The van der Waals surface area contributed by atoms with Gasteiger partial charge >= 0.3 is 6.09 Å². The van der Waals surface area contributed by atoms with E-state index >= 15 is 0 Å². The number of anilines is 1. The molecule has 1 saturated heterocycles.